The van der Waals surface area contributed by atoms with Gasteiger partial charge >= 0.3 is 0 Å². The molecule has 2 rings (SSSR count). The van der Waals surface area contributed by atoms with Gasteiger partial charge in [0.25, 0.3) is 0 Å². The first-order chi connectivity index (χ1) is 7.24. The predicted octanol–water partition coefficient (Wildman–Crippen LogP) is 3.20. The fourth-order valence-corrected chi connectivity index (χ4v) is 3.88. The average Bonchev–Trinajstić information content (AvgIpc) is 2.80. The number of likely N-dealkylation sites (N-methyl/N-ethyl adjacent to an activating group) is 1. The van der Waals surface area contributed by atoms with Crippen LogP contribution in [0.3, 0.4) is 0 Å². The van der Waals surface area contributed by atoms with Crippen molar-refractivity contribution in [3.8, 4) is 0 Å². The molecule has 0 aliphatic carbocycles. The zero-order chi connectivity index (χ0) is 10.8. The molecule has 1 aliphatic heterocycles. The summed E-state index contributed by atoms with van der Waals surface area (Å²) in [5.74, 6) is 0.636. The average molecular weight is 290 g/mol. The van der Waals surface area contributed by atoms with Crippen LogP contribution in [0.5, 0.6) is 0 Å². The van der Waals surface area contributed by atoms with Crippen molar-refractivity contribution in [1.82, 2.24) is 5.32 Å². The van der Waals surface area contributed by atoms with Gasteiger partial charge in [-0.2, -0.15) is 0 Å². The SMILES string of the molecule is CNC(c1sccc1Br)C1OCCC1C. The van der Waals surface area contributed by atoms with E-state index in [2.05, 4.69) is 39.6 Å². The molecule has 0 spiro atoms. The largest absolute Gasteiger partial charge is 0.376 e. The number of halogens is 1. The van der Waals surface area contributed by atoms with Gasteiger partial charge in [-0.15, -0.1) is 11.3 Å². The first-order valence-electron chi connectivity index (χ1n) is 5.25. The highest BCUT2D eigenvalue weighted by atomic mass is 79.9. The van der Waals surface area contributed by atoms with E-state index in [-0.39, 0.29) is 0 Å². The standard InChI is InChI=1S/C11H16BrNOS/c1-7-3-5-14-10(7)9(13-2)11-8(12)4-6-15-11/h4,6-7,9-10,13H,3,5H2,1-2H3. The molecule has 3 atom stereocenters. The Labute approximate surface area is 103 Å². The van der Waals surface area contributed by atoms with Gasteiger partial charge in [-0.3, -0.25) is 0 Å². The lowest BCUT2D eigenvalue weighted by Crippen LogP contribution is -2.32. The monoisotopic (exact) mass is 289 g/mol. The van der Waals surface area contributed by atoms with E-state index in [0.717, 1.165) is 6.61 Å². The molecule has 2 heterocycles. The smallest absolute Gasteiger partial charge is 0.0804 e. The summed E-state index contributed by atoms with van der Waals surface area (Å²) in [6, 6.07) is 2.42. The van der Waals surface area contributed by atoms with Crippen LogP contribution in [0, 0.1) is 5.92 Å². The van der Waals surface area contributed by atoms with Crippen molar-refractivity contribution < 1.29 is 4.74 Å². The molecule has 1 aliphatic rings. The molecule has 0 saturated carbocycles. The zero-order valence-corrected chi connectivity index (χ0v) is 11.4. The van der Waals surface area contributed by atoms with E-state index >= 15 is 0 Å². The summed E-state index contributed by atoms with van der Waals surface area (Å²) < 4.78 is 7.01. The highest BCUT2D eigenvalue weighted by Gasteiger charge is 2.33. The van der Waals surface area contributed by atoms with E-state index in [1.54, 1.807) is 11.3 Å². The minimum Gasteiger partial charge on any atom is -0.376 e. The van der Waals surface area contributed by atoms with Crippen molar-refractivity contribution in [2.75, 3.05) is 13.7 Å². The van der Waals surface area contributed by atoms with Crippen molar-refractivity contribution in [3.05, 3.63) is 20.8 Å². The Kier molecular flexibility index (Phi) is 3.83. The normalized spacial score (nSPS) is 28.2. The molecule has 4 heteroatoms. The van der Waals surface area contributed by atoms with Gasteiger partial charge in [0.2, 0.25) is 0 Å². The summed E-state index contributed by atoms with van der Waals surface area (Å²) in [6.07, 6.45) is 1.48. The van der Waals surface area contributed by atoms with E-state index in [9.17, 15) is 0 Å². The van der Waals surface area contributed by atoms with Gasteiger partial charge in [-0.1, -0.05) is 6.92 Å². The lowest BCUT2D eigenvalue weighted by atomic mass is 9.97. The number of hydrogen-bond donors (Lipinski definition) is 1. The minimum atomic E-state index is 0.310. The first-order valence-corrected chi connectivity index (χ1v) is 6.93. The number of ether oxygens (including phenoxy) is 1. The van der Waals surface area contributed by atoms with E-state index in [0.29, 0.717) is 18.1 Å². The first kappa shape index (κ1) is 11.6. The predicted molar refractivity (Wildman–Crippen MR) is 67.3 cm³/mol. The molecule has 15 heavy (non-hydrogen) atoms. The molecule has 1 aromatic heterocycles. The second-order valence-corrected chi connectivity index (χ2v) is 5.80. The Morgan fingerprint density at radius 3 is 2.93 bits per heavy atom. The summed E-state index contributed by atoms with van der Waals surface area (Å²) in [5, 5.41) is 5.49. The molecule has 0 bridgehead atoms. The zero-order valence-electron chi connectivity index (χ0n) is 9.00. The van der Waals surface area contributed by atoms with Gasteiger partial charge in [0, 0.05) is 16.0 Å². The van der Waals surface area contributed by atoms with Crippen molar-refractivity contribution >= 4 is 27.3 Å². The van der Waals surface area contributed by atoms with Gasteiger partial charge in [0.05, 0.1) is 12.1 Å². The molecule has 1 fully saturated rings. The van der Waals surface area contributed by atoms with E-state index < -0.39 is 0 Å². The molecule has 1 saturated heterocycles. The maximum Gasteiger partial charge on any atom is 0.0804 e. The molecule has 84 valence electrons. The lowest BCUT2D eigenvalue weighted by Gasteiger charge is -2.25. The number of nitrogens with one attached hydrogen (secondary N) is 1. The summed E-state index contributed by atoms with van der Waals surface area (Å²) in [6.45, 7) is 3.16. The van der Waals surface area contributed by atoms with Gasteiger partial charge in [-0.25, -0.2) is 0 Å². The van der Waals surface area contributed by atoms with Crippen LogP contribution in [-0.4, -0.2) is 19.8 Å². The minimum absolute atomic E-state index is 0.310. The Morgan fingerprint density at radius 2 is 2.47 bits per heavy atom. The van der Waals surface area contributed by atoms with Crippen molar-refractivity contribution in [2.45, 2.75) is 25.5 Å². The van der Waals surface area contributed by atoms with Gasteiger partial charge in [-0.05, 0) is 46.8 Å². The molecule has 2 nitrogen and oxygen atoms in total. The molecule has 1 aromatic rings. The number of rotatable bonds is 3. The Morgan fingerprint density at radius 1 is 1.67 bits per heavy atom. The van der Waals surface area contributed by atoms with Gasteiger partial charge in [0.15, 0.2) is 0 Å². The molecule has 0 aromatic carbocycles. The summed E-state index contributed by atoms with van der Waals surface area (Å²) >= 11 is 5.37. The van der Waals surface area contributed by atoms with Crippen LogP contribution in [-0.2, 0) is 4.74 Å². The molecule has 3 unspecified atom stereocenters. The fourth-order valence-electron chi connectivity index (χ4n) is 2.12. The van der Waals surface area contributed by atoms with Crippen molar-refractivity contribution in [2.24, 2.45) is 5.92 Å². The molecular weight excluding hydrogens is 274 g/mol. The third-order valence-corrected chi connectivity index (χ3v) is 4.97. The third kappa shape index (κ3) is 2.28. The maximum atomic E-state index is 5.82. The van der Waals surface area contributed by atoms with Crippen LogP contribution in [0.25, 0.3) is 0 Å². The Bertz CT molecular complexity index is 328. The van der Waals surface area contributed by atoms with Crippen LogP contribution in [0.2, 0.25) is 0 Å². The number of thiophene rings is 1. The van der Waals surface area contributed by atoms with E-state index in [1.807, 2.05) is 7.05 Å². The second kappa shape index (κ2) is 4.95. The Balaban J connectivity index is 2.20. The number of hydrogen-bond acceptors (Lipinski definition) is 3. The molecular formula is C11H16BrNOS. The fraction of sp³-hybridized carbons (Fsp3) is 0.636. The Hall–Kier alpha value is 0.1000. The van der Waals surface area contributed by atoms with Crippen LogP contribution >= 0.6 is 27.3 Å². The van der Waals surface area contributed by atoms with Gasteiger partial charge in [0.1, 0.15) is 0 Å². The van der Waals surface area contributed by atoms with Crippen molar-refractivity contribution in [3.63, 3.8) is 0 Å². The third-order valence-electron chi connectivity index (χ3n) is 3.01. The summed E-state index contributed by atoms with van der Waals surface area (Å²) in [7, 11) is 2.01. The van der Waals surface area contributed by atoms with Crippen LogP contribution in [0.4, 0.5) is 0 Å². The van der Waals surface area contributed by atoms with E-state index in [4.69, 9.17) is 4.74 Å². The van der Waals surface area contributed by atoms with Crippen LogP contribution < -0.4 is 5.32 Å². The van der Waals surface area contributed by atoms with Crippen LogP contribution in [0.1, 0.15) is 24.3 Å². The van der Waals surface area contributed by atoms with Crippen LogP contribution in [0.15, 0.2) is 15.9 Å². The summed E-state index contributed by atoms with van der Waals surface area (Å²) in [4.78, 5) is 1.34. The lowest BCUT2D eigenvalue weighted by molar-refractivity contribution is 0.0640. The van der Waals surface area contributed by atoms with Gasteiger partial charge < -0.3 is 10.1 Å². The molecule has 1 N–H and O–H groups in total. The quantitative estimate of drug-likeness (QED) is 0.923. The molecule has 0 amide bonds. The highest BCUT2D eigenvalue weighted by molar-refractivity contribution is 9.10. The van der Waals surface area contributed by atoms with Crippen molar-refractivity contribution in [1.29, 1.82) is 0 Å². The molecule has 0 radical (unpaired) electrons. The highest BCUT2D eigenvalue weighted by Crippen LogP contribution is 2.37. The summed E-state index contributed by atoms with van der Waals surface area (Å²) in [5.41, 5.74) is 0. The maximum absolute atomic E-state index is 5.82. The van der Waals surface area contributed by atoms with E-state index in [1.165, 1.54) is 15.8 Å². The second-order valence-electron chi connectivity index (χ2n) is 4.00. The topological polar surface area (TPSA) is 21.3 Å².